The summed E-state index contributed by atoms with van der Waals surface area (Å²) >= 11 is 0. The van der Waals surface area contributed by atoms with Crippen molar-refractivity contribution in [2.75, 3.05) is 32.7 Å². The second-order valence-electron chi connectivity index (χ2n) is 8.10. The zero-order chi connectivity index (χ0) is 23.2. The van der Waals surface area contributed by atoms with Gasteiger partial charge in [-0.3, -0.25) is 14.4 Å². The number of hydrogen-bond acceptors (Lipinski definition) is 3. The van der Waals surface area contributed by atoms with E-state index in [1.807, 2.05) is 42.5 Å². The predicted octanol–water partition coefficient (Wildman–Crippen LogP) is 3.01. The van der Waals surface area contributed by atoms with Gasteiger partial charge in [0.25, 0.3) is 5.91 Å². The molecule has 0 bridgehead atoms. The van der Waals surface area contributed by atoms with Crippen LogP contribution in [0.4, 0.5) is 4.39 Å². The first-order valence-electron chi connectivity index (χ1n) is 11.1. The lowest BCUT2D eigenvalue weighted by molar-refractivity contribution is -0.132. The third-order valence-corrected chi connectivity index (χ3v) is 5.91. The topological polar surface area (TPSA) is 69.7 Å². The van der Waals surface area contributed by atoms with Crippen molar-refractivity contribution in [2.24, 2.45) is 0 Å². The van der Waals surface area contributed by atoms with Crippen LogP contribution in [0, 0.1) is 5.82 Å². The Morgan fingerprint density at radius 1 is 0.818 bits per heavy atom. The van der Waals surface area contributed by atoms with E-state index in [9.17, 15) is 18.8 Å². The van der Waals surface area contributed by atoms with Gasteiger partial charge >= 0.3 is 0 Å². The van der Waals surface area contributed by atoms with Crippen LogP contribution in [0.1, 0.15) is 22.3 Å². The molecule has 0 radical (unpaired) electrons. The highest BCUT2D eigenvalue weighted by Gasteiger charge is 2.24. The Bertz CT molecular complexity index is 1170. The molecule has 1 aliphatic rings. The average Bonchev–Trinajstić information content (AvgIpc) is 3.09. The molecule has 170 valence electrons. The molecule has 3 aromatic rings. The van der Waals surface area contributed by atoms with Gasteiger partial charge in [-0.2, -0.15) is 0 Å². The number of carbonyl (C=O) groups is 3. The van der Waals surface area contributed by atoms with Crippen molar-refractivity contribution in [1.82, 2.24) is 15.1 Å². The Morgan fingerprint density at radius 2 is 1.52 bits per heavy atom. The molecule has 0 atom stereocenters. The van der Waals surface area contributed by atoms with Crippen molar-refractivity contribution in [3.05, 3.63) is 83.7 Å². The van der Waals surface area contributed by atoms with Crippen LogP contribution in [-0.2, 0) is 16.0 Å². The normalized spacial score (nSPS) is 14.1. The molecule has 33 heavy (non-hydrogen) atoms. The summed E-state index contributed by atoms with van der Waals surface area (Å²) in [5.74, 6) is -1.33. The summed E-state index contributed by atoms with van der Waals surface area (Å²) in [6, 6.07) is 19.6. The Balaban J connectivity index is 1.29. The number of rotatable bonds is 5. The minimum atomic E-state index is -0.548. The number of carbonyl (C=O) groups excluding carboxylic acids is 3. The molecule has 1 N–H and O–H groups in total. The minimum Gasteiger partial charge on any atom is -0.347 e. The molecule has 3 aromatic carbocycles. The Hall–Kier alpha value is -3.74. The van der Waals surface area contributed by atoms with Gasteiger partial charge in [0.2, 0.25) is 11.8 Å². The molecule has 1 fully saturated rings. The highest BCUT2D eigenvalue weighted by atomic mass is 19.1. The number of fused-ring (bicyclic) bond motifs is 1. The van der Waals surface area contributed by atoms with Crippen LogP contribution in [0.15, 0.2) is 66.7 Å². The third kappa shape index (κ3) is 5.37. The van der Waals surface area contributed by atoms with E-state index in [4.69, 9.17) is 0 Å². The molecule has 0 unspecified atom stereocenters. The monoisotopic (exact) mass is 447 g/mol. The summed E-state index contributed by atoms with van der Waals surface area (Å²) in [6.07, 6.45) is 0.787. The molecule has 1 saturated heterocycles. The van der Waals surface area contributed by atoms with Gasteiger partial charge in [0.1, 0.15) is 5.82 Å². The summed E-state index contributed by atoms with van der Waals surface area (Å²) in [7, 11) is 0. The van der Waals surface area contributed by atoms with Crippen LogP contribution in [0.3, 0.4) is 0 Å². The Kier molecular flexibility index (Phi) is 6.98. The lowest BCUT2D eigenvalue weighted by Crippen LogP contribution is -2.42. The van der Waals surface area contributed by atoms with Crippen molar-refractivity contribution in [3.63, 3.8) is 0 Å². The third-order valence-electron chi connectivity index (χ3n) is 5.91. The molecule has 0 saturated carbocycles. The first kappa shape index (κ1) is 22.5. The zero-order valence-corrected chi connectivity index (χ0v) is 18.3. The molecule has 0 spiro atoms. The highest BCUT2D eigenvalue weighted by molar-refractivity contribution is 5.94. The summed E-state index contributed by atoms with van der Waals surface area (Å²) in [5.41, 5.74) is 0.952. The SMILES string of the molecule is O=C(Cc1cccc2ccccc12)NCC(=O)N1CCCN(C(=O)c2ccccc2F)CC1. The smallest absolute Gasteiger partial charge is 0.256 e. The number of amides is 3. The number of hydrogen-bond donors (Lipinski definition) is 1. The fraction of sp³-hybridized carbons (Fsp3) is 0.269. The maximum Gasteiger partial charge on any atom is 0.256 e. The van der Waals surface area contributed by atoms with Crippen molar-refractivity contribution in [2.45, 2.75) is 12.8 Å². The molecule has 1 heterocycles. The molecular weight excluding hydrogens is 421 g/mol. The molecule has 0 aliphatic carbocycles. The van der Waals surface area contributed by atoms with Gasteiger partial charge < -0.3 is 15.1 Å². The molecular formula is C26H26FN3O3. The van der Waals surface area contributed by atoms with Crippen LogP contribution in [0.5, 0.6) is 0 Å². The predicted molar refractivity (Wildman–Crippen MR) is 124 cm³/mol. The molecule has 4 rings (SSSR count). The molecule has 1 aliphatic heterocycles. The van der Waals surface area contributed by atoms with E-state index in [1.165, 1.54) is 12.1 Å². The van der Waals surface area contributed by atoms with E-state index >= 15 is 0 Å². The average molecular weight is 448 g/mol. The summed E-state index contributed by atoms with van der Waals surface area (Å²) in [6.45, 7) is 1.51. The number of nitrogens with one attached hydrogen (secondary N) is 1. The van der Waals surface area contributed by atoms with Gasteiger partial charge in [-0.25, -0.2) is 4.39 Å². The van der Waals surface area contributed by atoms with E-state index in [-0.39, 0.29) is 36.3 Å². The van der Waals surface area contributed by atoms with Crippen molar-refractivity contribution in [3.8, 4) is 0 Å². The Morgan fingerprint density at radius 3 is 2.36 bits per heavy atom. The largest absolute Gasteiger partial charge is 0.347 e. The fourth-order valence-corrected chi connectivity index (χ4v) is 4.14. The van der Waals surface area contributed by atoms with E-state index in [0.717, 1.165) is 16.3 Å². The summed E-state index contributed by atoms with van der Waals surface area (Å²) in [5, 5.41) is 4.81. The number of nitrogens with zero attached hydrogens (tertiary/aromatic N) is 2. The molecule has 6 nitrogen and oxygen atoms in total. The lowest BCUT2D eigenvalue weighted by atomic mass is 10.0. The maximum absolute atomic E-state index is 14.0. The molecule has 7 heteroatoms. The summed E-state index contributed by atoms with van der Waals surface area (Å²) < 4.78 is 14.0. The first-order valence-corrected chi connectivity index (χ1v) is 11.1. The van der Waals surface area contributed by atoms with E-state index in [2.05, 4.69) is 5.32 Å². The van der Waals surface area contributed by atoms with Crippen molar-refractivity contribution >= 4 is 28.5 Å². The Labute approximate surface area is 192 Å². The van der Waals surface area contributed by atoms with Gasteiger partial charge in [-0.1, -0.05) is 54.6 Å². The standard InChI is InChI=1S/C26H26FN3O3/c27-23-12-4-3-11-22(23)26(33)30-14-6-13-29(15-16-30)25(32)18-28-24(31)17-20-9-5-8-19-7-1-2-10-21(19)20/h1-5,7-12H,6,13-18H2,(H,28,31). The van der Waals surface area contributed by atoms with Crippen LogP contribution in [-0.4, -0.2) is 60.2 Å². The number of halogens is 1. The quantitative estimate of drug-likeness (QED) is 0.654. The van der Waals surface area contributed by atoms with Crippen LogP contribution < -0.4 is 5.32 Å². The second-order valence-corrected chi connectivity index (χ2v) is 8.10. The lowest BCUT2D eigenvalue weighted by Gasteiger charge is -2.22. The van der Waals surface area contributed by atoms with Crippen LogP contribution in [0.25, 0.3) is 10.8 Å². The van der Waals surface area contributed by atoms with Crippen LogP contribution >= 0.6 is 0 Å². The van der Waals surface area contributed by atoms with Gasteiger partial charge in [0.05, 0.1) is 18.5 Å². The van der Waals surface area contributed by atoms with Crippen molar-refractivity contribution < 1.29 is 18.8 Å². The van der Waals surface area contributed by atoms with E-state index in [0.29, 0.717) is 32.6 Å². The second kappa shape index (κ2) is 10.3. The molecule has 3 amide bonds. The van der Waals surface area contributed by atoms with E-state index in [1.54, 1.807) is 21.9 Å². The van der Waals surface area contributed by atoms with Gasteiger partial charge in [-0.15, -0.1) is 0 Å². The van der Waals surface area contributed by atoms with Gasteiger partial charge in [0.15, 0.2) is 0 Å². The molecule has 0 aromatic heterocycles. The number of benzene rings is 3. The zero-order valence-electron chi connectivity index (χ0n) is 18.3. The maximum atomic E-state index is 14.0. The van der Waals surface area contributed by atoms with Crippen LogP contribution in [0.2, 0.25) is 0 Å². The highest BCUT2D eigenvalue weighted by Crippen LogP contribution is 2.19. The van der Waals surface area contributed by atoms with E-state index < -0.39 is 5.82 Å². The van der Waals surface area contributed by atoms with Gasteiger partial charge in [-0.05, 0) is 34.9 Å². The minimum absolute atomic E-state index is 0.0398. The van der Waals surface area contributed by atoms with Crippen molar-refractivity contribution in [1.29, 1.82) is 0 Å². The first-order chi connectivity index (χ1) is 16.0. The van der Waals surface area contributed by atoms with Gasteiger partial charge in [0, 0.05) is 26.2 Å². The fourth-order valence-electron chi connectivity index (χ4n) is 4.14. The summed E-state index contributed by atoms with van der Waals surface area (Å²) in [4.78, 5) is 41.0.